The van der Waals surface area contributed by atoms with Crippen LogP contribution in [0.3, 0.4) is 0 Å². The molecule has 1 nitrogen and oxygen atoms in total. The van der Waals surface area contributed by atoms with E-state index in [0.717, 1.165) is 12.8 Å². The minimum atomic E-state index is -0.394. The molecule has 0 bridgehead atoms. The Morgan fingerprint density at radius 2 is 0.911 bits per heavy atom. The molecule has 0 aliphatic heterocycles. The van der Waals surface area contributed by atoms with Crippen LogP contribution in [-0.2, 0) is 10.8 Å². The summed E-state index contributed by atoms with van der Waals surface area (Å²) in [5.41, 5.74) is 22.6. The maximum absolute atomic E-state index is 2.53. The van der Waals surface area contributed by atoms with Gasteiger partial charge in [-0.3, -0.25) is 0 Å². The highest BCUT2D eigenvalue weighted by atomic mass is 15.1. The fraction of sp³-hybridized carbons (Fsp3) is 0.164. The van der Waals surface area contributed by atoms with Crippen molar-refractivity contribution >= 4 is 22.6 Å². The largest absolute Gasteiger partial charge is 0.310 e. The molecule has 1 heteroatoms. The fourth-order valence-corrected chi connectivity index (χ4v) is 11.6. The van der Waals surface area contributed by atoms with Crippen LogP contribution in [0, 0.1) is 0 Å². The van der Waals surface area contributed by atoms with E-state index in [2.05, 4.69) is 181 Å². The lowest BCUT2D eigenvalue weighted by atomic mass is 9.68. The van der Waals surface area contributed by atoms with Gasteiger partial charge in [0, 0.05) is 22.5 Å². The van der Waals surface area contributed by atoms with Gasteiger partial charge in [-0.05, 0) is 140 Å². The zero-order chi connectivity index (χ0) is 36.8. The number of nitrogens with zero attached hydrogens (tertiary/aromatic N) is 1. The zero-order valence-corrected chi connectivity index (χ0v) is 31.6. The Labute approximate surface area is 330 Å². The Kier molecular flexibility index (Phi) is 6.97. The van der Waals surface area contributed by atoms with Gasteiger partial charge in [-0.25, -0.2) is 0 Å². The van der Waals surface area contributed by atoms with Crippen LogP contribution in [0.15, 0.2) is 176 Å². The quantitative estimate of drug-likeness (QED) is 0.175. The molecule has 0 atom stereocenters. The average molecular weight is 718 g/mol. The molecule has 0 saturated heterocycles. The minimum absolute atomic E-state index is 0.130. The van der Waals surface area contributed by atoms with E-state index in [-0.39, 0.29) is 5.41 Å². The molecular weight excluding hydrogens is 675 g/mol. The molecule has 0 amide bonds. The van der Waals surface area contributed by atoms with Gasteiger partial charge >= 0.3 is 0 Å². The molecule has 0 radical (unpaired) electrons. The second kappa shape index (κ2) is 12.2. The molecule has 12 rings (SSSR count). The van der Waals surface area contributed by atoms with Crippen LogP contribution in [-0.4, -0.2) is 0 Å². The summed E-state index contributed by atoms with van der Waals surface area (Å²) in [6.07, 6.45) is 15.6. The van der Waals surface area contributed by atoms with Gasteiger partial charge in [0.05, 0.1) is 5.41 Å². The third-order valence-electron chi connectivity index (χ3n) is 13.9. The molecule has 56 heavy (non-hydrogen) atoms. The summed E-state index contributed by atoms with van der Waals surface area (Å²) >= 11 is 0. The van der Waals surface area contributed by atoms with Gasteiger partial charge in [-0.2, -0.15) is 0 Å². The standard InChI is InChI=1S/C55H43N/c1-3-15-37(16-4-1)38-25-27-39(28-26-38)56(40-30-32-49-47(35-40)45-20-5-9-21-48(45)54(49)33-13-2-14-34-54)41-29-31-46-44-19-8-12-24-52(44)55(53(46)36-41)50-22-10-6-17-42(50)43-18-7-11-23-51(43)55/h3,5-12,15-32,35-36H,1-2,4,13-14,33-34H2. The van der Waals surface area contributed by atoms with Crippen LogP contribution in [0.1, 0.15) is 83.9 Å². The van der Waals surface area contributed by atoms with Gasteiger partial charge in [-0.1, -0.05) is 159 Å². The summed E-state index contributed by atoms with van der Waals surface area (Å²) in [6.45, 7) is 0. The predicted octanol–water partition coefficient (Wildman–Crippen LogP) is 14.5. The molecular formula is C55H43N. The number of hydrogen-bond donors (Lipinski definition) is 0. The molecule has 2 spiro atoms. The normalized spacial score (nSPS) is 17.1. The van der Waals surface area contributed by atoms with Crippen LogP contribution in [0.2, 0.25) is 0 Å². The van der Waals surface area contributed by atoms with E-state index in [1.807, 2.05) is 0 Å². The van der Waals surface area contributed by atoms with Crippen LogP contribution in [0.25, 0.3) is 39.0 Å². The Morgan fingerprint density at radius 3 is 1.54 bits per heavy atom. The van der Waals surface area contributed by atoms with Crippen molar-refractivity contribution in [2.45, 2.75) is 55.8 Å². The summed E-state index contributed by atoms with van der Waals surface area (Å²) < 4.78 is 0. The Hall–Kier alpha value is -6.18. The van der Waals surface area contributed by atoms with E-state index in [1.54, 1.807) is 0 Å². The first kappa shape index (κ1) is 32.1. The Morgan fingerprint density at radius 1 is 0.393 bits per heavy atom. The molecule has 0 unspecified atom stereocenters. The first-order valence-electron chi connectivity index (χ1n) is 20.7. The molecule has 1 saturated carbocycles. The third kappa shape index (κ3) is 4.32. The second-order valence-electron chi connectivity index (χ2n) is 16.6. The van der Waals surface area contributed by atoms with Gasteiger partial charge in [0.1, 0.15) is 0 Å². The summed E-state index contributed by atoms with van der Waals surface area (Å²) in [4.78, 5) is 2.52. The van der Waals surface area contributed by atoms with Crippen LogP contribution in [0.4, 0.5) is 17.1 Å². The summed E-state index contributed by atoms with van der Waals surface area (Å²) in [5, 5.41) is 0. The Bertz CT molecular complexity index is 2730. The van der Waals surface area contributed by atoms with Crippen molar-refractivity contribution in [1.29, 1.82) is 0 Å². The van der Waals surface area contributed by atoms with E-state index >= 15 is 0 Å². The van der Waals surface area contributed by atoms with Crippen molar-refractivity contribution in [2.24, 2.45) is 0 Å². The number of benzene rings is 7. The van der Waals surface area contributed by atoms with Gasteiger partial charge in [-0.15, -0.1) is 0 Å². The maximum Gasteiger partial charge on any atom is 0.0726 e. The van der Waals surface area contributed by atoms with Crippen molar-refractivity contribution in [1.82, 2.24) is 0 Å². The molecule has 5 aliphatic carbocycles. The molecule has 5 aliphatic rings. The SMILES string of the molecule is C1=CC(c2ccc(N(c3ccc4c(c3)-c3ccccc3C43CCCCC3)c3ccc4c(c3)C3(c5ccccc5-c5ccccc53)c3ccccc3-4)cc2)=CCC1. The molecule has 268 valence electrons. The van der Waals surface area contributed by atoms with Crippen molar-refractivity contribution in [3.05, 3.63) is 215 Å². The lowest BCUT2D eigenvalue weighted by Gasteiger charge is -2.36. The predicted molar refractivity (Wildman–Crippen MR) is 233 cm³/mol. The number of allylic oxidation sites excluding steroid dienone is 4. The van der Waals surface area contributed by atoms with Gasteiger partial charge in [0.2, 0.25) is 0 Å². The number of anilines is 3. The smallest absolute Gasteiger partial charge is 0.0726 e. The summed E-state index contributed by atoms with van der Waals surface area (Å²) in [7, 11) is 0. The number of fused-ring (bicyclic) bond motifs is 15. The van der Waals surface area contributed by atoms with Crippen molar-refractivity contribution in [2.75, 3.05) is 4.90 Å². The van der Waals surface area contributed by atoms with Gasteiger partial charge < -0.3 is 4.90 Å². The maximum atomic E-state index is 2.53. The van der Waals surface area contributed by atoms with E-state index in [0.29, 0.717) is 0 Å². The monoisotopic (exact) mass is 717 g/mol. The van der Waals surface area contributed by atoms with Crippen LogP contribution in [0.5, 0.6) is 0 Å². The van der Waals surface area contributed by atoms with Crippen LogP contribution < -0.4 is 4.90 Å². The highest BCUT2D eigenvalue weighted by Gasteiger charge is 2.52. The lowest BCUT2D eigenvalue weighted by Crippen LogP contribution is -2.28. The highest BCUT2D eigenvalue weighted by Crippen LogP contribution is 2.63. The van der Waals surface area contributed by atoms with E-state index in [1.165, 1.54) is 127 Å². The Balaban J connectivity index is 1.09. The van der Waals surface area contributed by atoms with E-state index in [9.17, 15) is 0 Å². The minimum Gasteiger partial charge on any atom is -0.310 e. The summed E-state index contributed by atoms with van der Waals surface area (Å²) in [6, 6.07) is 60.6. The molecule has 0 aromatic heterocycles. The topological polar surface area (TPSA) is 3.24 Å². The second-order valence-corrected chi connectivity index (χ2v) is 16.6. The lowest BCUT2D eigenvalue weighted by molar-refractivity contribution is 0.353. The van der Waals surface area contributed by atoms with Gasteiger partial charge in [0.25, 0.3) is 0 Å². The molecule has 0 N–H and O–H groups in total. The number of rotatable bonds is 4. The van der Waals surface area contributed by atoms with E-state index in [4.69, 9.17) is 0 Å². The van der Waals surface area contributed by atoms with Crippen LogP contribution >= 0.6 is 0 Å². The average Bonchev–Trinajstić information content (AvgIpc) is 3.84. The number of hydrogen-bond acceptors (Lipinski definition) is 1. The molecule has 1 fully saturated rings. The summed E-state index contributed by atoms with van der Waals surface area (Å²) in [5.74, 6) is 0. The molecule has 0 heterocycles. The molecule has 7 aromatic rings. The fourth-order valence-electron chi connectivity index (χ4n) is 11.6. The van der Waals surface area contributed by atoms with Crippen molar-refractivity contribution in [3.8, 4) is 33.4 Å². The third-order valence-corrected chi connectivity index (χ3v) is 13.9. The van der Waals surface area contributed by atoms with Crippen molar-refractivity contribution in [3.63, 3.8) is 0 Å². The zero-order valence-electron chi connectivity index (χ0n) is 31.6. The first-order valence-corrected chi connectivity index (χ1v) is 20.7. The van der Waals surface area contributed by atoms with Crippen molar-refractivity contribution < 1.29 is 0 Å². The first-order chi connectivity index (χ1) is 27.8. The highest BCUT2D eigenvalue weighted by molar-refractivity contribution is 5.97. The molecule has 7 aromatic carbocycles. The van der Waals surface area contributed by atoms with Gasteiger partial charge in [0.15, 0.2) is 0 Å². The van der Waals surface area contributed by atoms with E-state index < -0.39 is 5.41 Å².